The minimum Gasteiger partial charge on any atom is -0.481 e. The average Bonchev–Trinajstić information content (AvgIpc) is 2.49. The molecule has 1 atom stereocenters. The van der Waals surface area contributed by atoms with Crippen molar-refractivity contribution in [1.29, 1.82) is 0 Å². The predicted molar refractivity (Wildman–Crippen MR) is 77.9 cm³/mol. The van der Waals surface area contributed by atoms with Gasteiger partial charge in [-0.3, -0.25) is 4.79 Å². The fraction of sp³-hybridized carbons (Fsp3) is 0.467. The van der Waals surface area contributed by atoms with Gasteiger partial charge in [0.1, 0.15) is 0 Å². The molecule has 23 heavy (non-hydrogen) atoms. The van der Waals surface area contributed by atoms with Crippen molar-refractivity contribution < 1.29 is 27.9 Å². The number of carbonyl (C=O) groups is 2. The van der Waals surface area contributed by atoms with E-state index < -0.39 is 29.8 Å². The van der Waals surface area contributed by atoms with Crippen LogP contribution < -0.4 is 5.32 Å². The van der Waals surface area contributed by atoms with Crippen molar-refractivity contribution >= 4 is 12.0 Å². The van der Waals surface area contributed by atoms with Gasteiger partial charge < -0.3 is 15.3 Å². The third-order valence-corrected chi connectivity index (χ3v) is 3.47. The number of carboxylic acid groups (broad SMARTS) is 1. The van der Waals surface area contributed by atoms with Gasteiger partial charge in [-0.2, -0.15) is 13.2 Å². The van der Waals surface area contributed by atoms with Gasteiger partial charge in [0.2, 0.25) is 0 Å². The van der Waals surface area contributed by atoms with Crippen molar-refractivity contribution in [2.45, 2.75) is 32.0 Å². The van der Waals surface area contributed by atoms with Crippen LogP contribution in [0.3, 0.4) is 0 Å². The Labute approximate surface area is 132 Å². The standard InChI is InChI=1S/C15H19F3N2O3/c1-10(11-5-7-12(8-6-11)15(16,17)18)20(2)14(23)19-9-3-4-13(21)22/h5-8,10H,3-4,9H2,1-2H3,(H,19,23)(H,21,22). The first-order valence-corrected chi connectivity index (χ1v) is 7.02. The van der Waals surface area contributed by atoms with E-state index in [-0.39, 0.29) is 13.0 Å². The Bertz CT molecular complexity index is 544. The van der Waals surface area contributed by atoms with Crippen molar-refractivity contribution in [2.24, 2.45) is 0 Å². The van der Waals surface area contributed by atoms with Gasteiger partial charge in [-0.1, -0.05) is 12.1 Å². The van der Waals surface area contributed by atoms with E-state index in [9.17, 15) is 22.8 Å². The van der Waals surface area contributed by atoms with Gasteiger partial charge in [0.15, 0.2) is 0 Å². The smallest absolute Gasteiger partial charge is 0.416 e. The molecule has 0 radical (unpaired) electrons. The van der Waals surface area contributed by atoms with E-state index in [1.807, 2.05) is 0 Å². The normalized spacial score (nSPS) is 12.6. The zero-order valence-corrected chi connectivity index (χ0v) is 12.9. The number of nitrogens with one attached hydrogen (secondary N) is 1. The molecule has 0 heterocycles. The molecule has 5 nitrogen and oxygen atoms in total. The number of rotatable bonds is 6. The highest BCUT2D eigenvalue weighted by molar-refractivity contribution is 5.74. The number of hydrogen-bond acceptors (Lipinski definition) is 2. The monoisotopic (exact) mass is 332 g/mol. The predicted octanol–water partition coefficient (Wildman–Crippen LogP) is 3.27. The first kappa shape index (κ1) is 18.8. The Morgan fingerprint density at radius 2 is 1.83 bits per heavy atom. The lowest BCUT2D eigenvalue weighted by atomic mass is 10.1. The van der Waals surface area contributed by atoms with E-state index in [0.29, 0.717) is 12.0 Å². The zero-order chi connectivity index (χ0) is 17.6. The summed E-state index contributed by atoms with van der Waals surface area (Å²) in [5.41, 5.74) is -0.171. The number of hydrogen-bond donors (Lipinski definition) is 2. The molecule has 0 fully saturated rings. The molecular weight excluding hydrogens is 313 g/mol. The molecule has 8 heteroatoms. The van der Waals surface area contributed by atoms with Crippen LogP contribution >= 0.6 is 0 Å². The topological polar surface area (TPSA) is 69.6 Å². The van der Waals surface area contributed by atoms with Crippen LogP contribution in [0.2, 0.25) is 0 Å². The molecule has 1 unspecified atom stereocenters. The summed E-state index contributed by atoms with van der Waals surface area (Å²) in [6, 6.07) is 3.79. The Morgan fingerprint density at radius 3 is 2.30 bits per heavy atom. The van der Waals surface area contributed by atoms with Crippen LogP contribution in [0.4, 0.5) is 18.0 Å². The summed E-state index contributed by atoms with van der Waals surface area (Å²) >= 11 is 0. The molecular formula is C15H19F3N2O3. The summed E-state index contributed by atoms with van der Waals surface area (Å²) in [6.07, 6.45) is -4.13. The van der Waals surface area contributed by atoms with Crippen LogP contribution in [0.15, 0.2) is 24.3 Å². The number of carboxylic acids is 1. The lowest BCUT2D eigenvalue weighted by Crippen LogP contribution is -2.39. The van der Waals surface area contributed by atoms with Crippen LogP contribution in [0.5, 0.6) is 0 Å². The quantitative estimate of drug-likeness (QED) is 0.786. The third kappa shape index (κ3) is 5.80. The SMILES string of the molecule is CC(c1ccc(C(F)(F)F)cc1)N(C)C(=O)NCCCC(=O)O. The summed E-state index contributed by atoms with van der Waals surface area (Å²) in [5.74, 6) is -0.939. The van der Waals surface area contributed by atoms with Gasteiger partial charge in [-0.25, -0.2) is 4.79 Å². The van der Waals surface area contributed by atoms with Gasteiger partial charge in [0.05, 0.1) is 11.6 Å². The molecule has 0 aliphatic heterocycles. The van der Waals surface area contributed by atoms with E-state index in [1.54, 1.807) is 6.92 Å². The summed E-state index contributed by atoms with van der Waals surface area (Å²) in [7, 11) is 1.52. The Hall–Kier alpha value is -2.25. The van der Waals surface area contributed by atoms with E-state index in [0.717, 1.165) is 12.1 Å². The minimum atomic E-state index is -4.39. The number of nitrogens with zero attached hydrogens (tertiary/aromatic N) is 1. The summed E-state index contributed by atoms with van der Waals surface area (Å²) < 4.78 is 37.6. The van der Waals surface area contributed by atoms with Crippen molar-refractivity contribution in [2.75, 3.05) is 13.6 Å². The van der Waals surface area contributed by atoms with Crippen LogP contribution in [0.25, 0.3) is 0 Å². The van der Waals surface area contributed by atoms with Crippen LogP contribution in [0.1, 0.15) is 36.9 Å². The second-order valence-corrected chi connectivity index (χ2v) is 5.14. The van der Waals surface area contributed by atoms with Crippen LogP contribution in [-0.4, -0.2) is 35.6 Å². The van der Waals surface area contributed by atoms with Gasteiger partial charge in [-0.05, 0) is 31.0 Å². The molecule has 0 saturated heterocycles. The lowest BCUT2D eigenvalue weighted by Gasteiger charge is -2.26. The van der Waals surface area contributed by atoms with Crippen LogP contribution in [-0.2, 0) is 11.0 Å². The minimum absolute atomic E-state index is 0.0432. The van der Waals surface area contributed by atoms with Crippen molar-refractivity contribution in [3.8, 4) is 0 Å². The molecule has 1 rings (SSSR count). The van der Waals surface area contributed by atoms with Gasteiger partial charge in [0, 0.05) is 20.0 Å². The van der Waals surface area contributed by atoms with Crippen LogP contribution in [0, 0.1) is 0 Å². The molecule has 1 aromatic rings. The highest BCUT2D eigenvalue weighted by Gasteiger charge is 2.30. The second kappa shape index (κ2) is 7.85. The first-order chi connectivity index (χ1) is 10.6. The number of carbonyl (C=O) groups excluding carboxylic acids is 1. The third-order valence-electron chi connectivity index (χ3n) is 3.47. The number of alkyl halides is 3. The highest BCUT2D eigenvalue weighted by atomic mass is 19.4. The Balaban J connectivity index is 2.60. The fourth-order valence-corrected chi connectivity index (χ4v) is 1.91. The number of benzene rings is 1. The van der Waals surface area contributed by atoms with Crippen molar-refractivity contribution in [3.63, 3.8) is 0 Å². The van der Waals surface area contributed by atoms with E-state index >= 15 is 0 Å². The molecule has 1 aromatic carbocycles. The molecule has 0 aliphatic carbocycles. The molecule has 0 aliphatic rings. The van der Waals surface area contributed by atoms with E-state index in [4.69, 9.17) is 5.11 Å². The summed E-state index contributed by atoms with van der Waals surface area (Å²) in [4.78, 5) is 23.6. The maximum atomic E-state index is 12.5. The number of halogens is 3. The van der Waals surface area contributed by atoms with Gasteiger partial charge >= 0.3 is 18.2 Å². The van der Waals surface area contributed by atoms with Crippen molar-refractivity contribution in [1.82, 2.24) is 10.2 Å². The lowest BCUT2D eigenvalue weighted by molar-refractivity contribution is -0.138. The molecule has 0 bridgehead atoms. The number of amides is 2. The molecule has 0 spiro atoms. The van der Waals surface area contributed by atoms with Gasteiger partial charge in [-0.15, -0.1) is 0 Å². The number of urea groups is 1. The maximum absolute atomic E-state index is 12.5. The Morgan fingerprint density at radius 1 is 1.26 bits per heavy atom. The second-order valence-electron chi connectivity index (χ2n) is 5.14. The fourth-order valence-electron chi connectivity index (χ4n) is 1.91. The molecule has 2 amide bonds. The van der Waals surface area contributed by atoms with E-state index in [2.05, 4.69) is 5.32 Å². The highest BCUT2D eigenvalue weighted by Crippen LogP contribution is 2.30. The summed E-state index contributed by atoms with van der Waals surface area (Å²) in [6.45, 7) is 1.91. The summed E-state index contributed by atoms with van der Waals surface area (Å²) in [5, 5.41) is 11.1. The zero-order valence-electron chi connectivity index (χ0n) is 12.9. The maximum Gasteiger partial charge on any atom is 0.416 e. The molecule has 0 saturated carbocycles. The Kier molecular flexibility index (Phi) is 6.41. The van der Waals surface area contributed by atoms with E-state index in [1.165, 1.54) is 24.1 Å². The molecule has 2 N–H and O–H groups in total. The van der Waals surface area contributed by atoms with Gasteiger partial charge in [0.25, 0.3) is 0 Å². The molecule has 0 aromatic heterocycles. The largest absolute Gasteiger partial charge is 0.481 e. The molecule has 128 valence electrons. The first-order valence-electron chi connectivity index (χ1n) is 7.02. The number of aliphatic carboxylic acids is 1. The van der Waals surface area contributed by atoms with Crippen molar-refractivity contribution in [3.05, 3.63) is 35.4 Å². The average molecular weight is 332 g/mol.